The van der Waals surface area contributed by atoms with Gasteiger partial charge in [0.05, 0.1) is 0 Å². The Labute approximate surface area is 157 Å². The van der Waals surface area contributed by atoms with Crippen LogP contribution in [0.15, 0.2) is 54.9 Å². The third-order valence-electron chi connectivity index (χ3n) is 4.17. The molecule has 6 heteroatoms. The molecule has 1 N–H and O–H groups in total. The van der Waals surface area contributed by atoms with E-state index in [0.29, 0.717) is 17.1 Å². The van der Waals surface area contributed by atoms with Crippen LogP contribution in [0.3, 0.4) is 0 Å². The molecule has 0 bridgehead atoms. The van der Waals surface area contributed by atoms with E-state index in [2.05, 4.69) is 10.3 Å². The number of carbonyl (C=O) groups excluding carboxylic acids is 1. The Morgan fingerprint density at radius 1 is 1.22 bits per heavy atom. The Balaban J connectivity index is 1.76. The molecule has 0 spiro atoms. The summed E-state index contributed by atoms with van der Waals surface area (Å²) in [6, 6.07) is 11.3. The molecule has 27 heavy (non-hydrogen) atoms. The van der Waals surface area contributed by atoms with Gasteiger partial charge in [0.25, 0.3) is 5.91 Å². The maximum atomic E-state index is 13.7. The number of nitrogens with one attached hydrogen (secondary N) is 1. The van der Waals surface area contributed by atoms with Crippen LogP contribution >= 0.6 is 0 Å². The summed E-state index contributed by atoms with van der Waals surface area (Å²) < 4.78 is 21.1. The molecule has 0 radical (unpaired) electrons. The van der Waals surface area contributed by atoms with Gasteiger partial charge >= 0.3 is 0 Å². The molecular weight excluding hydrogens is 345 g/mol. The minimum Gasteiger partial charge on any atom is -0.484 e. The van der Waals surface area contributed by atoms with Gasteiger partial charge in [0.15, 0.2) is 6.61 Å². The van der Waals surface area contributed by atoms with Gasteiger partial charge in [-0.1, -0.05) is 18.2 Å². The lowest BCUT2D eigenvalue weighted by atomic mass is 10.1. The van der Waals surface area contributed by atoms with E-state index < -0.39 is 6.04 Å². The van der Waals surface area contributed by atoms with Crippen LogP contribution in [-0.4, -0.2) is 22.1 Å². The van der Waals surface area contributed by atoms with Gasteiger partial charge in [-0.3, -0.25) is 4.79 Å². The second-order valence-corrected chi connectivity index (χ2v) is 6.56. The van der Waals surface area contributed by atoms with Crippen LogP contribution in [-0.2, 0) is 11.8 Å². The van der Waals surface area contributed by atoms with Crippen molar-refractivity contribution in [2.24, 2.45) is 7.05 Å². The van der Waals surface area contributed by atoms with Gasteiger partial charge in [-0.15, -0.1) is 0 Å². The fourth-order valence-corrected chi connectivity index (χ4v) is 3.01. The number of aryl methyl sites for hydroxylation is 3. The Bertz CT molecular complexity index is 932. The van der Waals surface area contributed by atoms with Gasteiger partial charge in [-0.2, -0.15) is 0 Å². The SMILES string of the molecule is Cc1cc(C)cc(OCC(=O)N[C@H](c2cccc(F)c2)c2nccn2C)c1. The highest BCUT2D eigenvalue weighted by Crippen LogP contribution is 2.21. The van der Waals surface area contributed by atoms with Crippen LogP contribution in [0.25, 0.3) is 0 Å². The first kappa shape index (κ1) is 18.6. The Morgan fingerprint density at radius 3 is 2.59 bits per heavy atom. The maximum absolute atomic E-state index is 13.7. The largest absolute Gasteiger partial charge is 0.484 e. The van der Waals surface area contributed by atoms with Crippen LogP contribution in [0.4, 0.5) is 4.39 Å². The smallest absolute Gasteiger partial charge is 0.258 e. The van der Waals surface area contributed by atoms with E-state index in [4.69, 9.17) is 4.74 Å². The fourth-order valence-electron chi connectivity index (χ4n) is 3.01. The van der Waals surface area contributed by atoms with Crippen LogP contribution in [0.5, 0.6) is 5.75 Å². The Morgan fingerprint density at radius 2 is 1.96 bits per heavy atom. The first-order valence-electron chi connectivity index (χ1n) is 8.65. The molecule has 1 heterocycles. The highest BCUT2D eigenvalue weighted by Gasteiger charge is 2.21. The van der Waals surface area contributed by atoms with Crippen molar-refractivity contribution < 1.29 is 13.9 Å². The van der Waals surface area contributed by atoms with E-state index in [-0.39, 0.29) is 18.3 Å². The molecule has 0 saturated carbocycles. The number of aromatic nitrogens is 2. The molecule has 2 aromatic carbocycles. The lowest BCUT2D eigenvalue weighted by Crippen LogP contribution is -2.34. The van der Waals surface area contributed by atoms with Crippen LogP contribution in [0.1, 0.15) is 28.6 Å². The number of carbonyl (C=O) groups is 1. The van der Waals surface area contributed by atoms with Gasteiger partial charge in [0.2, 0.25) is 0 Å². The summed E-state index contributed by atoms with van der Waals surface area (Å²) in [7, 11) is 1.83. The van der Waals surface area contributed by atoms with E-state index in [9.17, 15) is 9.18 Å². The molecule has 0 aliphatic carbocycles. The number of benzene rings is 2. The first-order valence-corrected chi connectivity index (χ1v) is 8.65. The average Bonchev–Trinajstić information content (AvgIpc) is 3.03. The van der Waals surface area contributed by atoms with Gasteiger partial charge in [-0.25, -0.2) is 9.37 Å². The zero-order valence-corrected chi connectivity index (χ0v) is 15.6. The monoisotopic (exact) mass is 367 g/mol. The van der Waals surface area contributed by atoms with Gasteiger partial charge < -0.3 is 14.6 Å². The van der Waals surface area contributed by atoms with Crippen molar-refractivity contribution in [2.45, 2.75) is 19.9 Å². The number of halogens is 1. The zero-order chi connectivity index (χ0) is 19.4. The van der Waals surface area contributed by atoms with Crippen molar-refractivity contribution in [3.8, 4) is 5.75 Å². The van der Waals surface area contributed by atoms with Crippen molar-refractivity contribution in [1.82, 2.24) is 14.9 Å². The molecule has 0 aliphatic rings. The van der Waals surface area contributed by atoms with Gasteiger partial charge in [0.1, 0.15) is 23.4 Å². The van der Waals surface area contributed by atoms with E-state index in [0.717, 1.165) is 11.1 Å². The zero-order valence-electron chi connectivity index (χ0n) is 15.6. The quantitative estimate of drug-likeness (QED) is 0.726. The molecule has 1 aromatic heterocycles. The van der Waals surface area contributed by atoms with Crippen molar-refractivity contribution in [1.29, 1.82) is 0 Å². The second kappa shape index (κ2) is 8.03. The summed E-state index contributed by atoms with van der Waals surface area (Å²) >= 11 is 0. The van der Waals surface area contributed by atoms with E-state index in [1.165, 1.54) is 12.1 Å². The number of hydrogen-bond acceptors (Lipinski definition) is 3. The summed E-state index contributed by atoms with van der Waals surface area (Å²) in [5, 5.41) is 2.89. The third-order valence-corrected chi connectivity index (χ3v) is 4.17. The summed E-state index contributed by atoms with van der Waals surface area (Å²) in [5.41, 5.74) is 2.75. The molecule has 3 aromatic rings. The molecule has 1 atom stereocenters. The van der Waals surface area contributed by atoms with Crippen molar-refractivity contribution in [3.63, 3.8) is 0 Å². The third kappa shape index (κ3) is 4.73. The van der Waals surface area contributed by atoms with E-state index in [1.54, 1.807) is 29.1 Å². The number of amides is 1. The van der Waals surface area contributed by atoms with Gasteiger partial charge in [0, 0.05) is 19.4 Å². The summed E-state index contributed by atoms with van der Waals surface area (Å²) in [6.45, 7) is 3.81. The lowest BCUT2D eigenvalue weighted by molar-refractivity contribution is -0.123. The first-order chi connectivity index (χ1) is 12.9. The second-order valence-electron chi connectivity index (χ2n) is 6.56. The lowest BCUT2D eigenvalue weighted by Gasteiger charge is -2.19. The van der Waals surface area contributed by atoms with Crippen molar-refractivity contribution in [2.75, 3.05) is 6.61 Å². The average molecular weight is 367 g/mol. The van der Waals surface area contributed by atoms with Crippen LogP contribution in [0, 0.1) is 19.7 Å². The normalized spacial score (nSPS) is 11.9. The minimum absolute atomic E-state index is 0.140. The molecule has 0 fully saturated rings. The molecular formula is C21H22FN3O2. The Hall–Kier alpha value is -3.15. The van der Waals surface area contributed by atoms with Crippen molar-refractivity contribution >= 4 is 5.91 Å². The van der Waals surface area contributed by atoms with Crippen LogP contribution < -0.4 is 10.1 Å². The summed E-state index contributed by atoms with van der Waals surface area (Å²) in [4.78, 5) is 16.8. The predicted octanol–water partition coefficient (Wildman–Crippen LogP) is 3.46. The summed E-state index contributed by atoms with van der Waals surface area (Å²) in [6.07, 6.45) is 3.42. The number of ether oxygens (including phenoxy) is 1. The Kier molecular flexibility index (Phi) is 5.54. The maximum Gasteiger partial charge on any atom is 0.258 e. The number of hydrogen-bond donors (Lipinski definition) is 1. The topological polar surface area (TPSA) is 56.1 Å². The highest BCUT2D eigenvalue weighted by molar-refractivity contribution is 5.78. The molecule has 1 amide bonds. The number of rotatable bonds is 6. The standard InChI is InChI=1S/C21H22FN3O2/c1-14-9-15(2)11-18(10-14)27-13-19(26)24-20(21-23-7-8-25(21)3)16-5-4-6-17(22)12-16/h4-12,20H,13H2,1-3H3,(H,24,26)/t20-/m1/s1. The molecule has 3 rings (SSSR count). The van der Waals surface area contributed by atoms with E-state index >= 15 is 0 Å². The van der Waals surface area contributed by atoms with Crippen LogP contribution in [0.2, 0.25) is 0 Å². The number of nitrogens with zero attached hydrogens (tertiary/aromatic N) is 2. The predicted molar refractivity (Wildman–Crippen MR) is 101 cm³/mol. The summed E-state index contributed by atoms with van der Waals surface area (Å²) in [5.74, 6) is 0.571. The molecule has 0 saturated heterocycles. The minimum atomic E-state index is -0.573. The van der Waals surface area contributed by atoms with Crippen molar-refractivity contribution in [3.05, 3.63) is 83.2 Å². The van der Waals surface area contributed by atoms with Gasteiger partial charge in [-0.05, 0) is 54.8 Å². The number of imidazole rings is 1. The fraction of sp³-hybridized carbons (Fsp3) is 0.238. The molecule has 140 valence electrons. The van der Waals surface area contributed by atoms with E-state index in [1.807, 2.05) is 39.1 Å². The highest BCUT2D eigenvalue weighted by atomic mass is 19.1. The molecule has 5 nitrogen and oxygen atoms in total. The molecule has 0 aliphatic heterocycles. The molecule has 0 unspecified atom stereocenters.